The van der Waals surface area contributed by atoms with Crippen LogP contribution in [0.2, 0.25) is 0 Å². The summed E-state index contributed by atoms with van der Waals surface area (Å²) in [5.74, 6) is 0.755. The number of hydrogen-bond acceptors (Lipinski definition) is 2. The Balaban J connectivity index is 3.08. The Hall–Kier alpha value is -0.540. The highest BCUT2D eigenvalue weighted by Gasteiger charge is 2.11. The number of ether oxygens (including phenoxy) is 1. The average molecular weight is 245 g/mol. The van der Waals surface area contributed by atoms with Gasteiger partial charge in [-0.15, -0.1) is 0 Å². The normalized spacial score (nSPS) is 12.6. The molecule has 1 N–H and O–H groups in total. The fourth-order valence-corrected chi connectivity index (χ4v) is 1.85. The van der Waals surface area contributed by atoms with E-state index in [1.165, 1.54) is 0 Å². The number of rotatable bonds is 3. The van der Waals surface area contributed by atoms with E-state index in [2.05, 4.69) is 15.9 Å². The molecule has 72 valence electrons. The van der Waals surface area contributed by atoms with E-state index in [-0.39, 0.29) is 0 Å². The SMILES string of the molecule is CC[C@@H](O)c1cccc(OC)c1Br. The van der Waals surface area contributed by atoms with Crippen LogP contribution in [0.25, 0.3) is 0 Å². The fraction of sp³-hybridized carbons (Fsp3) is 0.400. The molecule has 1 aromatic carbocycles. The van der Waals surface area contributed by atoms with Crippen molar-refractivity contribution in [3.8, 4) is 5.75 Å². The van der Waals surface area contributed by atoms with Crippen molar-refractivity contribution in [1.29, 1.82) is 0 Å². The van der Waals surface area contributed by atoms with Crippen molar-refractivity contribution in [2.45, 2.75) is 19.4 Å². The van der Waals surface area contributed by atoms with Gasteiger partial charge in [-0.1, -0.05) is 19.1 Å². The van der Waals surface area contributed by atoms with E-state index < -0.39 is 6.10 Å². The van der Waals surface area contributed by atoms with Crippen LogP contribution >= 0.6 is 15.9 Å². The summed E-state index contributed by atoms with van der Waals surface area (Å²) < 4.78 is 5.96. The molecule has 0 bridgehead atoms. The molecule has 0 aliphatic rings. The monoisotopic (exact) mass is 244 g/mol. The summed E-state index contributed by atoms with van der Waals surface area (Å²) in [6, 6.07) is 5.62. The molecule has 0 saturated carbocycles. The molecule has 0 aliphatic carbocycles. The predicted molar refractivity (Wildman–Crippen MR) is 55.9 cm³/mol. The lowest BCUT2D eigenvalue weighted by Crippen LogP contribution is -1.97. The van der Waals surface area contributed by atoms with Crippen LogP contribution in [-0.2, 0) is 0 Å². The lowest BCUT2D eigenvalue weighted by atomic mass is 10.1. The Morgan fingerprint density at radius 3 is 2.77 bits per heavy atom. The van der Waals surface area contributed by atoms with E-state index in [1.807, 2.05) is 25.1 Å². The third-order valence-electron chi connectivity index (χ3n) is 1.96. The van der Waals surface area contributed by atoms with Crippen molar-refractivity contribution in [3.05, 3.63) is 28.2 Å². The van der Waals surface area contributed by atoms with E-state index in [1.54, 1.807) is 7.11 Å². The number of aliphatic hydroxyl groups excluding tert-OH is 1. The number of aliphatic hydroxyl groups is 1. The molecule has 0 unspecified atom stereocenters. The second kappa shape index (κ2) is 4.63. The van der Waals surface area contributed by atoms with Gasteiger partial charge in [0, 0.05) is 0 Å². The fourth-order valence-electron chi connectivity index (χ4n) is 1.16. The van der Waals surface area contributed by atoms with Crippen LogP contribution in [0.1, 0.15) is 25.0 Å². The first kappa shape index (κ1) is 10.5. The maximum absolute atomic E-state index is 9.64. The summed E-state index contributed by atoms with van der Waals surface area (Å²) in [6.07, 6.45) is 0.274. The van der Waals surface area contributed by atoms with Gasteiger partial charge in [0.25, 0.3) is 0 Å². The molecule has 0 saturated heterocycles. The van der Waals surface area contributed by atoms with Gasteiger partial charge in [-0.25, -0.2) is 0 Å². The molecule has 1 atom stereocenters. The molecule has 0 aromatic heterocycles. The van der Waals surface area contributed by atoms with Crippen molar-refractivity contribution in [3.63, 3.8) is 0 Å². The average Bonchev–Trinajstić information content (AvgIpc) is 2.17. The highest BCUT2D eigenvalue weighted by molar-refractivity contribution is 9.10. The summed E-state index contributed by atoms with van der Waals surface area (Å²) in [5.41, 5.74) is 0.877. The van der Waals surface area contributed by atoms with Gasteiger partial charge in [-0.05, 0) is 34.0 Å². The zero-order chi connectivity index (χ0) is 9.84. The Kier molecular flexibility index (Phi) is 3.75. The highest BCUT2D eigenvalue weighted by Crippen LogP contribution is 2.32. The van der Waals surface area contributed by atoms with E-state index in [0.29, 0.717) is 6.42 Å². The third-order valence-corrected chi connectivity index (χ3v) is 2.81. The maximum atomic E-state index is 9.64. The van der Waals surface area contributed by atoms with Crippen LogP contribution in [0.15, 0.2) is 22.7 Å². The highest BCUT2D eigenvalue weighted by atomic mass is 79.9. The van der Waals surface area contributed by atoms with Gasteiger partial charge in [0.1, 0.15) is 5.75 Å². The number of benzene rings is 1. The van der Waals surface area contributed by atoms with E-state index in [4.69, 9.17) is 4.74 Å². The first-order chi connectivity index (χ1) is 6.20. The van der Waals surface area contributed by atoms with Gasteiger partial charge in [-0.3, -0.25) is 0 Å². The van der Waals surface area contributed by atoms with Gasteiger partial charge in [0.15, 0.2) is 0 Å². The number of hydrogen-bond donors (Lipinski definition) is 1. The van der Waals surface area contributed by atoms with E-state index in [0.717, 1.165) is 15.8 Å². The molecular formula is C10H13BrO2. The zero-order valence-corrected chi connectivity index (χ0v) is 9.34. The summed E-state index contributed by atoms with van der Waals surface area (Å²) in [4.78, 5) is 0. The van der Waals surface area contributed by atoms with Crippen LogP contribution in [0, 0.1) is 0 Å². The quantitative estimate of drug-likeness (QED) is 0.887. The summed E-state index contributed by atoms with van der Waals surface area (Å²) >= 11 is 3.40. The predicted octanol–water partition coefficient (Wildman–Crippen LogP) is 2.90. The lowest BCUT2D eigenvalue weighted by molar-refractivity contribution is 0.172. The summed E-state index contributed by atoms with van der Waals surface area (Å²) in [6.45, 7) is 1.94. The Morgan fingerprint density at radius 1 is 1.54 bits per heavy atom. The van der Waals surface area contributed by atoms with Crippen LogP contribution in [-0.4, -0.2) is 12.2 Å². The van der Waals surface area contributed by atoms with Crippen molar-refractivity contribution in [1.82, 2.24) is 0 Å². The minimum Gasteiger partial charge on any atom is -0.496 e. The third kappa shape index (κ3) is 2.23. The van der Waals surface area contributed by atoms with Gasteiger partial charge in [0.05, 0.1) is 17.7 Å². The van der Waals surface area contributed by atoms with Crippen LogP contribution in [0.4, 0.5) is 0 Å². The van der Waals surface area contributed by atoms with Crippen LogP contribution < -0.4 is 4.74 Å². The topological polar surface area (TPSA) is 29.5 Å². The molecule has 0 heterocycles. The minimum absolute atomic E-state index is 0.426. The molecule has 1 rings (SSSR count). The van der Waals surface area contributed by atoms with Gasteiger partial charge in [0.2, 0.25) is 0 Å². The van der Waals surface area contributed by atoms with Crippen molar-refractivity contribution < 1.29 is 9.84 Å². The minimum atomic E-state index is -0.426. The largest absolute Gasteiger partial charge is 0.496 e. The molecule has 0 amide bonds. The molecule has 13 heavy (non-hydrogen) atoms. The molecule has 0 radical (unpaired) electrons. The molecule has 1 aromatic rings. The molecule has 0 spiro atoms. The number of halogens is 1. The van der Waals surface area contributed by atoms with Crippen molar-refractivity contribution in [2.24, 2.45) is 0 Å². The second-order valence-corrected chi connectivity index (χ2v) is 3.58. The second-order valence-electron chi connectivity index (χ2n) is 2.79. The lowest BCUT2D eigenvalue weighted by Gasteiger charge is -2.12. The first-order valence-electron chi connectivity index (χ1n) is 4.21. The Bertz CT molecular complexity index is 286. The van der Waals surface area contributed by atoms with Gasteiger partial charge in [-0.2, -0.15) is 0 Å². The number of methoxy groups -OCH3 is 1. The maximum Gasteiger partial charge on any atom is 0.133 e. The Labute approximate surface area is 86.7 Å². The van der Waals surface area contributed by atoms with Gasteiger partial charge >= 0.3 is 0 Å². The molecule has 0 aliphatic heterocycles. The van der Waals surface area contributed by atoms with Crippen molar-refractivity contribution >= 4 is 15.9 Å². The molecule has 3 heteroatoms. The first-order valence-corrected chi connectivity index (χ1v) is 5.00. The van der Waals surface area contributed by atoms with E-state index in [9.17, 15) is 5.11 Å². The van der Waals surface area contributed by atoms with E-state index >= 15 is 0 Å². The molecule has 2 nitrogen and oxygen atoms in total. The molecular weight excluding hydrogens is 232 g/mol. The van der Waals surface area contributed by atoms with Crippen LogP contribution in [0.5, 0.6) is 5.75 Å². The smallest absolute Gasteiger partial charge is 0.133 e. The van der Waals surface area contributed by atoms with Gasteiger partial charge < -0.3 is 9.84 Å². The molecule has 0 fully saturated rings. The summed E-state index contributed by atoms with van der Waals surface area (Å²) in [7, 11) is 1.61. The van der Waals surface area contributed by atoms with Crippen molar-refractivity contribution in [2.75, 3.05) is 7.11 Å². The standard InChI is InChI=1S/C10H13BrO2/c1-3-8(12)7-5-4-6-9(13-2)10(7)11/h4-6,8,12H,3H2,1-2H3/t8-/m1/s1. The zero-order valence-electron chi connectivity index (χ0n) is 7.75. The Morgan fingerprint density at radius 2 is 2.23 bits per heavy atom. The summed E-state index contributed by atoms with van der Waals surface area (Å²) in [5, 5.41) is 9.64. The van der Waals surface area contributed by atoms with Crippen LogP contribution in [0.3, 0.4) is 0 Å².